The number of aromatic nitrogens is 3. The maximum Gasteiger partial charge on any atom is 0.256 e. The van der Waals surface area contributed by atoms with E-state index in [4.69, 9.17) is 0 Å². The highest BCUT2D eigenvalue weighted by Crippen LogP contribution is 2.30. The molecule has 2 heterocycles. The molecule has 0 bridgehead atoms. The highest BCUT2D eigenvalue weighted by atomic mass is 16.3. The number of rotatable bonds is 5. The molecule has 0 radical (unpaired) electrons. The molecular weight excluding hydrogens is 290 g/mol. The standard InChI is InChI=1S/C17H23N5O/c23-17-16(22(19-18-17)15-4-2-1-3-5-15)13-21-10-8-20(9-11-21)12-14-6-7-14/h1-5,14,23H,6-13H2. The average Bonchev–Trinajstić information content (AvgIpc) is 3.33. The van der Waals surface area contributed by atoms with E-state index in [0.717, 1.165) is 43.5 Å². The molecule has 0 atom stereocenters. The lowest BCUT2D eigenvalue weighted by molar-refractivity contribution is 0.121. The number of hydrogen-bond acceptors (Lipinski definition) is 5. The number of hydrogen-bond donors (Lipinski definition) is 1. The SMILES string of the molecule is Oc1nnn(-c2ccccc2)c1CN1CCN(CC2CC2)CC1. The van der Waals surface area contributed by atoms with Crippen LogP contribution < -0.4 is 0 Å². The minimum Gasteiger partial charge on any atom is -0.491 e. The van der Waals surface area contributed by atoms with Crippen molar-refractivity contribution in [1.29, 1.82) is 0 Å². The summed E-state index contributed by atoms with van der Waals surface area (Å²) in [6.45, 7) is 6.25. The summed E-state index contributed by atoms with van der Waals surface area (Å²) in [6, 6.07) is 9.86. The van der Waals surface area contributed by atoms with Crippen molar-refractivity contribution in [2.75, 3.05) is 32.7 Å². The van der Waals surface area contributed by atoms with Crippen molar-refractivity contribution in [3.05, 3.63) is 36.0 Å². The van der Waals surface area contributed by atoms with Gasteiger partial charge in [0.05, 0.1) is 5.69 Å². The molecule has 2 fully saturated rings. The molecule has 1 saturated heterocycles. The summed E-state index contributed by atoms with van der Waals surface area (Å²) in [6.07, 6.45) is 2.83. The second-order valence-corrected chi connectivity index (χ2v) is 6.63. The Morgan fingerprint density at radius 2 is 1.70 bits per heavy atom. The van der Waals surface area contributed by atoms with Crippen molar-refractivity contribution in [3.63, 3.8) is 0 Å². The molecule has 0 spiro atoms. The van der Waals surface area contributed by atoms with E-state index in [9.17, 15) is 5.11 Å². The van der Waals surface area contributed by atoms with Gasteiger partial charge in [-0.15, -0.1) is 0 Å². The number of benzene rings is 1. The first-order chi connectivity index (χ1) is 11.3. The third kappa shape index (κ3) is 3.38. The van der Waals surface area contributed by atoms with Crippen molar-refractivity contribution >= 4 is 0 Å². The fourth-order valence-corrected chi connectivity index (χ4v) is 3.22. The zero-order valence-electron chi connectivity index (χ0n) is 13.3. The van der Waals surface area contributed by atoms with Crippen LogP contribution in [0.15, 0.2) is 30.3 Å². The Labute approximate surface area is 136 Å². The van der Waals surface area contributed by atoms with Gasteiger partial charge in [-0.25, -0.2) is 4.68 Å². The molecule has 1 saturated carbocycles. The first-order valence-corrected chi connectivity index (χ1v) is 8.43. The van der Waals surface area contributed by atoms with Crippen LogP contribution in [-0.4, -0.2) is 62.6 Å². The van der Waals surface area contributed by atoms with E-state index in [1.54, 1.807) is 4.68 Å². The van der Waals surface area contributed by atoms with Gasteiger partial charge < -0.3 is 10.0 Å². The minimum absolute atomic E-state index is 0.0364. The van der Waals surface area contributed by atoms with Gasteiger partial charge in [-0.1, -0.05) is 28.5 Å². The first kappa shape index (κ1) is 14.7. The van der Waals surface area contributed by atoms with Gasteiger partial charge in [-0.05, 0) is 30.9 Å². The first-order valence-electron chi connectivity index (χ1n) is 8.43. The van der Waals surface area contributed by atoms with Gasteiger partial charge in [0.25, 0.3) is 5.88 Å². The van der Waals surface area contributed by atoms with Crippen molar-refractivity contribution < 1.29 is 5.11 Å². The molecule has 122 valence electrons. The predicted molar refractivity (Wildman–Crippen MR) is 87.5 cm³/mol. The second kappa shape index (κ2) is 6.29. The molecule has 0 amide bonds. The molecule has 1 aliphatic carbocycles. The predicted octanol–water partition coefficient (Wildman–Crippen LogP) is 1.50. The van der Waals surface area contributed by atoms with E-state index in [0.29, 0.717) is 6.54 Å². The van der Waals surface area contributed by atoms with Crippen LogP contribution in [0.4, 0.5) is 0 Å². The summed E-state index contributed by atoms with van der Waals surface area (Å²) in [5, 5.41) is 18.0. The molecule has 6 heteroatoms. The Balaban J connectivity index is 1.42. The van der Waals surface area contributed by atoms with Crippen LogP contribution in [0.25, 0.3) is 5.69 Å². The summed E-state index contributed by atoms with van der Waals surface area (Å²) in [5.41, 5.74) is 1.70. The Morgan fingerprint density at radius 3 is 2.39 bits per heavy atom. The van der Waals surface area contributed by atoms with Crippen molar-refractivity contribution in [3.8, 4) is 11.6 Å². The highest BCUT2D eigenvalue weighted by Gasteiger charge is 2.27. The Hall–Kier alpha value is -1.92. The van der Waals surface area contributed by atoms with E-state index in [-0.39, 0.29) is 5.88 Å². The van der Waals surface area contributed by atoms with Crippen LogP contribution in [0, 0.1) is 5.92 Å². The number of para-hydroxylation sites is 1. The largest absolute Gasteiger partial charge is 0.491 e. The van der Waals surface area contributed by atoms with E-state index >= 15 is 0 Å². The minimum atomic E-state index is 0.0364. The fourth-order valence-electron chi connectivity index (χ4n) is 3.22. The molecule has 1 aliphatic heterocycles. The van der Waals surface area contributed by atoms with Gasteiger partial charge in [0.1, 0.15) is 5.69 Å². The zero-order chi connectivity index (χ0) is 15.6. The summed E-state index contributed by atoms with van der Waals surface area (Å²) in [7, 11) is 0. The molecular formula is C17H23N5O. The zero-order valence-corrected chi connectivity index (χ0v) is 13.3. The van der Waals surface area contributed by atoms with E-state index in [1.165, 1.54) is 19.4 Å². The highest BCUT2D eigenvalue weighted by molar-refractivity contribution is 5.34. The van der Waals surface area contributed by atoms with Gasteiger partial charge in [0.2, 0.25) is 0 Å². The molecule has 23 heavy (non-hydrogen) atoms. The molecule has 1 N–H and O–H groups in total. The van der Waals surface area contributed by atoms with Crippen LogP contribution in [0.5, 0.6) is 5.88 Å². The summed E-state index contributed by atoms with van der Waals surface area (Å²) >= 11 is 0. The fraction of sp³-hybridized carbons (Fsp3) is 0.529. The van der Waals surface area contributed by atoms with Gasteiger partial charge in [0.15, 0.2) is 0 Å². The maximum absolute atomic E-state index is 10.1. The van der Waals surface area contributed by atoms with Gasteiger partial charge >= 0.3 is 0 Å². The van der Waals surface area contributed by atoms with Gasteiger partial charge in [-0.2, -0.15) is 0 Å². The lowest BCUT2D eigenvalue weighted by Gasteiger charge is -2.34. The molecule has 6 nitrogen and oxygen atoms in total. The maximum atomic E-state index is 10.1. The third-order valence-corrected chi connectivity index (χ3v) is 4.80. The number of aromatic hydroxyl groups is 1. The smallest absolute Gasteiger partial charge is 0.256 e. The molecule has 1 aromatic carbocycles. The van der Waals surface area contributed by atoms with Crippen LogP contribution in [0.1, 0.15) is 18.5 Å². The molecule has 2 aliphatic rings. The third-order valence-electron chi connectivity index (χ3n) is 4.80. The number of nitrogens with zero attached hydrogens (tertiary/aromatic N) is 5. The average molecular weight is 313 g/mol. The lowest BCUT2D eigenvalue weighted by Crippen LogP contribution is -2.46. The molecule has 2 aromatic rings. The molecule has 0 unspecified atom stereocenters. The second-order valence-electron chi connectivity index (χ2n) is 6.63. The van der Waals surface area contributed by atoms with E-state index in [1.807, 2.05) is 30.3 Å². The lowest BCUT2D eigenvalue weighted by atomic mass is 10.2. The van der Waals surface area contributed by atoms with E-state index in [2.05, 4.69) is 20.1 Å². The van der Waals surface area contributed by atoms with Crippen LogP contribution in [0.3, 0.4) is 0 Å². The van der Waals surface area contributed by atoms with Crippen LogP contribution in [-0.2, 0) is 6.54 Å². The quantitative estimate of drug-likeness (QED) is 0.906. The Morgan fingerprint density at radius 1 is 1.00 bits per heavy atom. The van der Waals surface area contributed by atoms with Crippen LogP contribution >= 0.6 is 0 Å². The van der Waals surface area contributed by atoms with Crippen molar-refractivity contribution in [1.82, 2.24) is 24.8 Å². The van der Waals surface area contributed by atoms with Crippen LogP contribution in [0.2, 0.25) is 0 Å². The molecule has 1 aromatic heterocycles. The summed E-state index contributed by atoms with van der Waals surface area (Å²) in [5.74, 6) is 0.989. The van der Waals surface area contributed by atoms with Crippen molar-refractivity contribution in [2.24, 2.45) is 5.92 Å². The van der Waals surface area contributed by atoms with Gasteiger partial charge in [-0.3, -0.25) is 4.90 Å². The van der Waals surface area contributed by atoms with E-state index < -0.39 is 0 Å². The normalized spacial score (nSPS) is 20.0. The van der Waals surface area contributed by atoms with Crippen molar-refractivity contribution in [2.45, 2.75) is 19.4 Å². The number of piperazine rings is 1. The summed E-state index contributed by atoms with van der Waals surface area (Å²) in [4.78, 5) is 4.95. The Kier molecular flexibility index (Phi) is 4.01. The van der Waals surface area contributed by atoms with Gasteiger partial charge in [0, 0.05) is 39.3 Å². The molecule has 4 rings (SSSR count). The summed E-state index contributed by atoms with van der Waals surface area (Å²) < 4.78 is 1.74. The topological polar surface area (TPSA) is 57.4 Å². The monoisotopic (exact) mass is 313 g/mol. The Bertz CT molecular complexity index is 644.